The van der Waals surface area contributed by atoms with E-state index in [1.807, 2.05) is 12.3 Å². The molecule has 2 heterocycles. The molecular weight excluding hydrogens is 223 g/mol. The number of thiophene rings is 1. The summed E-state index contributed by atoms with van der Waals surface area (Å²) in [6.07, 6.45) is 2.91. The van der Waals surface area contributed by atoms with Gasteiger partial charge in [-0.15, -0.1) is 0 Å². The highest BCUT2D eigenvalue weighted by molar-refractivity contribution is 7.07. The maximum atomic E-state index is 13.0. The molecule has 2 rings (SSSR count). The Morgan fingerprint density at radius 2 is 2.38 bits per heavy atom. The van der Waals surface area contributed by atoms with Gasteiger partial charge < -0.3 is 5.32 Å². The fourth-order valence-electron chi connectivity index (χ4n) is 1.45. The molecule has 4 heteroatoms. The second kappa shape index (κ2) is 5.18. The van der Waals surface area contributed by atoms with Crippen LogP contribution in [0.2, 0.25) is 0 Å². The molecule has 16 heavy (non-hydrogen) atoms. The van der Waals surface area contributed by atoms with Gasteiger partial charge in [-0.05, 0) is 40.9 Å². The zero-order valence-corrected chi connectivity index (χ0v) is 9.80. The van der Waals surface area contributed by atoms with E-state index in [0.717, 1.165) is 12.1 Å². The number of nitrogens with one attached hydrogen (secondary N) is 1. The van der Waals surface area contributed by atoms with Crippen molar-refractivity contribution in [2.75, 3.05) is 0 Å². The standard InChI is InChI=1S/C12H13FN2S/c1-9(11-4-12(13)7-14-6-11)15-5-10-2-3-16-8-10/h2-4,6-9,15H,5H2,1H3. The Labute approximate surface area is 98.2 Å². The average Bonchev–Trinajstić information content (AvgIpc) is 2.78. The largest absolute Gasteiger partial charge is 0.306 e. The summed E-state index contributed by atoms with van der Waals surface area (Å²) in [7, 11) is 0. The zero-order valence-electron chi connectivity index (χ0n) is 8.98. The number of nitrogens with zero attached hydrogens (tertiary/aromatic N) is 1. The average molecular weight is 236 g/mol. The predicted molar refractivity (Wildman–Crippen MR) is 63.8 cm³/mol. The van der Waals surface area contributed by atoms with Crippen LogP contribution in [0.25, 0.3) is 0 Å². The molecule has 2 aromatic rings. The van der Waals surface area contributed by atoms with Gasteiger partial charge in [0.2, 0.25) is 0 Å². The van der Waals surface area contributed by atoms with Gasteiger partial charge in [0.1, 0.15) is 5.82 Å². The first-order valence-corrected chi connectivity index (χ1v) is 6.05. The highest BCUT2D eigenvalue weighted by Crippen LogP contribution is 2.13. The van der Waals surface area contributed by atoms with Gasteiger partial charge in [0.25, 0.3) is 0 Å². The Bertz CT molecular complexity index is 442. The number of halogens is 1. The molecule has 2 nitrogen and oxygen atoms in total. The summed E-state index contributed by atoms with van der Waals surface area (Å²) in [6, 6.07) is 3.69. The van der Waals surface area contributed by atoms with Crippen LogP contribution in [0.15, 0.2) is 35.3 Å². The molecule has 0 fully saturated rings. The van der Waals surface area contributed by atoms with Crippen LogP contribution in [0.3, 0.4) is 0 Å². The SMILES string of the molecule is CC(NCc1ccsc1)c1cncc(F)c1. The summed E-state index contributed by atoms with van der Waals surface area (Å²) < 4.78 is 13.0. The van der Waals surface area contributed by atoms with Crippen molar-refractivity contribution < 1.29 is 4.39 Å². The van der Waals surface area contributed by atoms with E-state index in [0.29, 0.717) is 0 Å². The lowest BCUT2D eigenvalue weighted by Gasteiger charge is -2.13. The molecule has 0 bridgehead atoms. The fraction of sp³-hybridized carbons (Fsp3) is 0.250. The molecule has 0 saturated heterocycles. The van der Waals surface area contributed by atoms with E-state index in [4.69, 9.17) is 0 Å². The van der Waals surface area contributed by atoms with Crippen molar-refractivity contribution in [2.45, 2.75) is 19.5 Å². The first kappa shape index (κ1) is 11.2. The Balaban J connectivity index is 1.95. The summed E-state index contributed by atoms with van der Waals surface area (Å²) in [4.78, 5) is 3.84. The Morgan fingerprint density at radius 3 is 3.06 bits per heavy atom. The molecule has 0 saturated carbocycles. The van der Waals surface area contributed by atoms with Crippen LogP contribution >= 0.6 is 11.3 Å². The van der Waals surface area contributed by atoms with Crippen LogP contribution in [-0.2, 0) is 6.54 Å². The lowest BCUT2D eigenvalue weighted by molar-refractivity contribution is 0.561. The lowest BCUT2D eigenvalue weighted by atomic mass is 10.1. The first-order chi connectivity index (χ1) is 7.75. The number of pyridine rings is 1. The van der Waals surface area contributed by atoms with Crippen LogP contribution in [0.4, 0.5) is 4.39 Å². The van der Waals surface area contributed by atoms with Crippen molar-refractivity contribution in [1.82, 2.24) is 10.3 Å². The van der Waals surface area contributed by atoms with E-state index in [9.17, 15) is 4.39 Å². The minimum Gasteiger partial charge on any atom is -0.306 e. The molecule has 2 aromatic heterocycles. The smallest absolute Gasteiger partial charge is 0.141 e. The summed E-state index contributed by atoms with van der Waals surface area (Å²) in [5.74, 6) is -0.290. The van der Waals surface area contributed by atoms with Gasteiger partial charge in [0.15, 0.2) is 0 Å². The Kier molecular flexibility index (Phi) is 3.64. The van der Waals surface area contributed by atoms with E-state index in [2.05, 4.69) is 21.7 Å². The van der Waals surface area contributed by atoms with Crippen LogP contribution in [0.5, 0.6) is 0 Å². The molecule has 1 unspecified atom stereocenters. The third-order valence-corrected chi connectivity index (χ3v) is 3.15. The van der Waals surface area contributed by atoms with Crippen molar-refractivity contribution in [3.05, 3.63) is 52.2 Å². The predicted octanol–water partition coefficient (Wildman–Crippen LogP) is 3.13. The number of rotatable bonds is 4. The van der Waals surface area contributed by atoms with Gasteiger partial charge in [-0.1, -0.05) is 0 Å². The topological polar surface area (TPSA) is 24.9 Å². The second-order valence-electron chi connectivity index (χ2n) is 3.67. The molecule has 1 N–H and O–H groups in total. The van der Waals surface area contributed by atoms with E-state index in [1.54, 1.807) is 17.5 Å². The summed E-state index contributed by atoms with van der Waals surface area (Å²) in [6.45, 7) is 2.80. The van der Waals surface area contributed by atoms with Crippen molar-refractivity contribution in [3.63, 3.8) is 0 Å². The third kappa shape index (κ3) is 2.87. The van der Waals surface area contributed by atoms with Crippen molar-refractivity contribution in [1.29, 1.82) is 0 Å². The maximum Gasteiger partial charge on any atom is 0.141 e. The summed E-state index contributed by atoms with van der Waals surface area (Å²) in [5.41, 5.74) is 2.12. The highest BCUT2D eigenvalue weighted by atomic mass is 32.1. The Morgan fingerprint density at radius 1 is 1.50 bits per heavy atom. The second-order valence-corrected chi connectivity index (χ2v) is 4.45. The normalized spacial score (nSPS) is 12.6. The van der Waals surface area contributed by atoms with Gasteiger partial charge in [-0.3, -0.25) is 4.98 Å². The molecule has 0 aliphatic rings. The first-order valence-electron chi connectivity index (χ1n) is 5.10. The minimum atomic E-state index is -0.290. The molecule has 0 spiro atoms. The van der Waals surface area contributed by atoms with Crippen LogP contribution in [-0.4, -0.2) is 4.98 Å². The molecule has 0 amide bonds. The van der Waals surface area contributed by atoms with Gasteiger partial charge >= 0.3 is 0 Å². The van der Waals surface area contributed by atoms with Crippen LogP contribution < -0.4 is 5.32 Å². The monoisotopic (exact) mass is 236 g/mol. The van der Waals surface area contributed by atoms with Crippen LogP contribution in [0, 0.1) is 5.82 Å². The third-order valence-electron chi connectivity index (χ3n) is 2.42. The van der Waals surface area contributed by atoms with Gasteiger partial charge in [0.05, 0.1) is 6.20 Å². The van der Waals surface area contributed by atoms with E-state index in [-0.39, 0.29) is 11.9 Å². The van der Waals surface area contributed by atoms with E-state index >= 15 is 0 Å². The molecular formula is C12H13FN2S. The minimum absolute atomic E-state index is 0.100. The lowest BCUT2D eigenvalue weighted by Crippen LogP contribution is -2.18. The quantitative estimate of drug-likeness (QED) is 0.882. The molecule has 0 aromatic carbocycles. The number of hydrogen-bond acceptors (Lipinski definition) is 3. The number of aromatic nitrogens is 1. The van der Waals surface area contributed by atoms with Crippen molar-refractivity contribution in [3.8, 4) is 0 Å². The summed E-state index contributed by atoms with van der Waals surface area (Å²) in [5, 5.41) is 7.48. The van der Waals surface area contributed by atoms with Gasteiger partial charge in [-0.2, -0.15) is 11.3 Å². The van der Waals surface area contributed by atoms with E-state index < -0.39 is 0 Å². The fourth-order valence-corrected chi connectivity index (χ4v) is 2.12. The molecule has 0 radical (unpaired) electrons. The van der Waals surface area contributed by atoms with Crippen molar-refractivity contribution in [2.24, 2.45) is 0 Å². The summed E-state index contributed by atoms with van der Waals surface area (Å²) >= 11 is 1.68. The van der Waals surface area contributed by atoms with Gasteiger partial charge in [-0.25, -0.2) is 4.39 Å². The maximum absolute atomic E-state index is 13.0. The molecule has 0 aliphatic heterocycles. The van der Waals surface area contributed by atoms with E-state index in [1.165, 1.54) is 17.8 Å². The zero-order chi connectivity index (χ0) is 11.4. The van der Waals surface area contributed by atoms with Crippen molar-refractivity contribution >= 4 is 11.3 Å². The molecule has 0 aliphatic carbocycles. The van der Waals surface area contributed by atoms with Crippen LogP contribution in [0.1, 0.15) is 24.1 Å². The number of hydrogen-bond donors (Lipinski definition) is 1. The Hall–Kier alpha value is -1.26. The van der Waals surface area contributed by atoms with Gasteiger partial charge in [0, 0.05) is 18.8 Å². The molecule has 84 valence electrons. The molecule has 1 atom stereocenters. The highest BCUT2D eigenvalue weighted by Gasteiger charge is 2.06.